The second kappa shape index (κ2) is 6.26. The summed E-state index contributed by atoms with van der Waals surface area (Å²) < 4.78 is 0. The fourth-order valence-corrected chi connectivity index (χ4v) is 1.44. The quantitative estimate of drug-likeness (QED) is 0.850. The molecule has 0 aliphatic heterocycles. The monoisotopic (exact) mass is 252 g/mol. The van der Waals surface area contributed by atoms with Gasteiger partial charge < -0.3 is 5.11 Å². The summed E-state index contributed by atoms with van der Waals surface area (Å²) in [6, 6.07) is 12.9. The SMILES string of the molecule is O=C(O)c1ccc(N=C/C=C/c2ccccc2)cn1. The van der Waals surface area contributed by atoms with Gasteiger partial charge in [0.25, 0.3) is 0 Å². The number of hydrogen-bond donors (Lipinski definition) is 1. The highest BCUT2D eigenvalue weighted by Crippen LogP contribution is 2.09. The minimum Gasteiger partial charge on any atom is -0.477 e. The molecular formula is C15H12N2O2. The van der Waals surface area contributed by atoms with E-state index in [1.54, 1.807) is 12.3 Å². The summed E-state index contributed by atoms with van der Waals surface area (Å²) >= 11 is 0. The lowest BCUT2D eigenvalue weighted by molar-refractivity contribution is 0.0690. The van der Waals surface area contributed by atoms with Gasteiger partial charge >= 0.3 is 5.97 Å². The molecule has 1 aromatic carbocycles. The summed E-state index contributed by atoms with van der Waals surface area (Å²) in [7, 11) is 0. The van der Waals surface area contributed by atoms with Crippen molar-refractivity contribution < 1.29 is 9.90 Å². The Morgan fingerprint density at radius 2 is 1.95 bits per heavy atom. The van der Waals surface area contributed by atoms with Gasteiger partial charge in [-0.3, -0.25) is 4.99 Å². The van der Waals surface area contributed by atoms with Crippen LogP contribution in [0.2, 0.25) is 0 Å². The Bertz CT molecular complexity index is 602. The van der Waals surface area contributed by atoms with E-state index in [1.165, 1.54) is 12.3 Å². The first kappa shape index (κ1) is 12.7. The molecule has 2 rings (SSSR count). The molecule has 0 saturated carbocycles. The number of aromatic nitrogens is 1. The van der Waals surface area contributed by atoms with E-state index in [0.29, 0.717) is 5.69 Å². The van der Waals surface area contributed by atoms with E-state index < -0.39 is 5.97 Å². The van der Waals surface area contributed by atoms with E-state index in [9.17, 15) is 4.79 Å². The third-order valence-electron chi connectivity index (χ3n) is 2.36. The van der Waals surface area contributed by atoms with Gasteiger partial charge in [-0.25, -0.2) is 9.78 Å². The smallest absolute Gasteiger partial charge is 0.354 e. The van der Waals surface area contributed by atoms with Crippen LogP contribution in [0, 0.1) is 0 Å². The summed E-state index contributed by atoms with van der Waals surface area (Å²) in [5.74, 6) is -1.04. The maximum Gasteiger partial charge on any atom is 0.354 e. The molecule has 0 atom stereocenters. The first-order valence-corrected chi connectivity index (χ1v) is 5.71. The summed E-state index contributed by atoms with van der Waals surface area (Å²) in [4.78, 5) is 18.5. The zero-order valence-electron chi connectivity index (χ0n) is 10.1. The van der Waals surface area contributed by atoms with Crippen molar-refractivity contribution in [2.45, 2.75) is 0 Å². The van der Waals surface area contributed by atoms with E-state index >= 15 is 0 Å². The Labute approximate surface area is 110 Å². The molecule has 0 radical (unpaired) electrons. The number of rotatable bonds is 4. The van der Waals surface area contributed by atoms with Crippen LogP contribution in [0.1, 0.15) is 16.1 Å². The van der Waals surface area contributed by atoms with Crippen LogP contribution in [0.25, 0.3) is 6.08 Å². The molecule has 0 spiro atoms. The summed E-state index contributed by atoms with van der Waals surface area (Å²) in [6.07, 6.45) is 6.82. The van der Waals surface area contributed by atoms with Crippen LogP contribution in [-0.4, -0.2) is 22.3 Å². The Balaban J connectivity index is 1.99. The molecule has 0 bridgehead atoms. The van der Waals surface area contributed by atoms with Crippen LogP contribution < -0.4 is 0 Å². The zero-order valence-corrected chi connectivity index (χ0v) is 10.1. The van der Waals surface area contributed by atoms with Crippen molar-refractivity contribution in [2.75, 3.05) is 0 Å². The molecule has 0 aliphatic carbocycles. The van der Waals surface area contributed by atoms with Gasteiger partial charge in [-0.2, -0.15) is 0 Å². The molecule has 2 aromatic rings. The van der Waals surface area contributed by atoms with Gasteiger partial charge in [0.15, 0.2) is 0 Å². The van der Waals surface area contributed by atoms with Gasteiger partial charge in [0.1, 0.15) is 5.69 Å². The normalized spacial score (nSPS) is 11.2. The molecule has 0 fully saturated rings. The van der Waals surface area contributed by atoms with Crippen molar-refractivity contribution in [2.24, 2.45) is 4.99 Å². The van der Waals surface area contributed by atoms with E-state index in [4.69, 9.17) is 5.11 Å². The second-order valence-electron chi connectivity index (χ2n) is 3.75. The molecule has 4 nitrogen and oxygen atoms in total. The first-order chi connectivity index (χ1) is 9.25. The average Bonchev–Trinajstić information content (AvgIpc) is 2.45. The number of pyridine rings is 1. The highest BCUT2D eigenvalue weighted by molar-refractivity contribution is 5.85. The van der Waals surface area contributed by atoms with Gasteiger partial charge in [-0.15, -0.1) is 0 Å². The number of nitrogens with zero attached hydrogens (tertiary/aromatic N) is 2. The lowest BCUT2D eigenvalue weighted by Gasteiger charge is -1.94. The topological polar surface area (TPSA) is 62.5 Å². The summed E-state index contributed by atoms with van der Waals surface area (Å²) in [6.45, 7) is 0. The minimum atomic E-state index is -1.04. The molecule has 0 saturated heterocycles. The van der Waals surface area contributed by atoms with Crippen LogP contribution in [0.15, 0.2) is 59.7 Å². The van der Waals surface area contributed by atoms with Crippen LogP contribution in [0.4, 0.5) is 5.69 Å². The molecule has 1 heterocycles. The van der Waals surface area contributed by atoms with Gasteiger partial charge in [0, 0.05) is 6.21 Å². The van der Waals surface area contributed by atoms with Crippen LogP contribution in [0.3, 0.4) is 0 Å². The fourth-order valence-electron chi connectivity index (χ4n) is 1.44. The number of carboxylic acid groups (broad SMARTS) is 1. The molecule has 4 heteroatoms. The number of hydrogen-bond acceptors (Lipinski definition) is 3. The Morgan fingerprint density at radius 1 is 1.16 bits per heavy atom. The lowest BCUT2D eigenvalue weighted by atomic mass is 10.2. The van der Waals surface area contributed by atoms with E-state index in [0.717, 1.165) is 5.56 Å². The second-order valence-corrected chi connectivity index (χ2v) is 3.75. The molecule has 1 N–H and O–H groups in total. The van der Waals surface area contributed by atoms with Crippen molar-refractivity contribution in [1.82, 2.24) is 4.98 Å². The largest absolute Gasteiger partial charge is 0.477 e. The predicted octanol–water partition coefficient (Wildman–Crippen LogP) is 3.20. The summed E-state index contributed by atoms with van der Waals surface area (Å²) in [5, 5.41) is 8.70. The molecule has 94 valence electrons. The van der Waals surface area contributed by atoms with Gasteiger partial charge in [0.05, 0.1) is 11.9 Å². The van der Waals surface area contributed by atoms with Gasteiger partial charge in [0.2, 0.25) is 0 Å². The third kappa shape index (κ3) is 3.89. The number of carbonyl (C=O) groups is 1. The Hall–Kier alpha value is -2.75. The molecule has 0 amide bonds. The zero-order chi connectivity index (χ0) is 13.5. The van der Waals surface area contributed by atoms with Crippen LogP contribution in [-0.2, 0) is 0 Å². The van der Waals surface area contributed by atoms with Crippen molar-refractivity contribution >= 4 is 23.9 Å². The molecule has 1 aromatic heterocycles. The molecular weight excluding hydrogens is 240 g/mol. The summed E-state index contributed by atoms with van der Waals surface area (Å²) in [5.41, 5.74) is 1.72. The fraction of sp³-hybridized carbons (Fsp3) is 0. The average molecular weight is 252 g/mol. The van der Waals surface area contributed by atoms with Gasteiger partial charge in [-0.1, -0.05) is 36.4 Å². The first-order valence-electron chi connectivity index (χ1n) is 5.71. The maximum atomic E-state index is 10.6. The number of benzene rings is 1. The minimum absolute atomic E-state index is 0.0128. The highest BCUT2D eigenvalue weighted by Gasteiger charge is 2.01. The maximum absolute atomic E-state index is 10.6. The molecule has 0 unspecified atom stereocenters. The number of carboxylic acids is 1. The van der Waals surface area contributed by atoms with Crippen LogP contribution in [0.5, 0.6) is 0 Å². The molecule has 19 heavy (non-hydrogen) atoms. The number of aliphatic imine (C=N–C) groups is 1. The van der Waals surface area contributed by atoms with Crippen molar-refractivity contribution in [3.63, 3.8) is 0 Å². The van der Waals surface area contributed by atoms with Crippen LogP contribution >= 0.6 is 0 Å². The Morgan fingerprint density at radius 3 is 2.58 bits per heavy atom. The van der Waals surface area contributed by atoms with Crippen molar-refractivity contribution in [3.05, 3.63) is 66.0 Å². The van der Waals surface area contributed by atoms with E-state index in [2.05, 4.69) is 9.98 Å². The predicted molar refractivity (Wildman–Crippen MR) is 74.8 cm³/mol. The van der Waals surface area contributed by atoms with E-state index in [-0.39, 0.29) is 5.69 Å². The van der Waals surface area contributed by atoms with Crippen molar-refractivity contribution in [3.8, 4) is 0 Å². The standard InChI is InChI=1S/C15H12N2O2/c18-15(19)14-9-8-13(11-17-14)16-10-4-7-12-5-2-1-3-6-12/h1-11H,(H,18,19)/b7-4+,16-10?. The van der Waals surface area contributed by atoms with Gasteiger partial charge in [-0.05, 0) is 23.8 Å². The van der Waals surface area contributed by atoms with Crippen molar-refractivity contribution in [1.29, 1.82) is 0 Å². The van der Waals surface area contributed by atoms with E-state index in [1.807, 2.05) is 42.5 Å². The lowest BCUT2D eigenvalue weighted by Crippen LogP contribution is -1.98. The number of allylic oxidation sites excluding steroid dienone is 1. The highest BCUT2D eigenvalue weighted by atomic mass is 16.4. The molecule has 0 aliphatic rings. The number of aromatic carboxylic acids is 1. The third-order valence-corrected chi connectivity index (χ3v) is 2.36. The Kier molecular flexibility index (Phi) is 4.18.